The molecule has 0 bridgehead atoms. The van der Waals surface area contributed by atoms with Crippen LogP contribution in [-0.4, -0.2) is 25.3 Å². The number of ether oxygens (including phenoxy) is 1. The van der Waals surface area contributed by atoms with Crippen molar-refractivity contribution in [1.29, 1.82) is 0 Å². The fraction of sp³-hybridized carbons (Fsp3) is 0.500. The normalized spacial score (nSPS) is 12.7. The van der Waals surface area contributed by atoms with E-state index >= 15 is 0 Å². The first-order chi connectivity index (χ1) is 8.72. The molecule has 0 saturated heterocycles. The molecule has 1 aromatic rings. The van der Waals surface area contributed by atoms with Gasteiger partial charge in [0.15, 0.2) is 0 Å². The summed E-state index contributed by atoms with van der Waals surface area (Å²) in [6.45, 7) is -1.81. The number of halogens is 5. The van der Waals surface area contributed by atoms with Crippen LogP contribution in [-0.2, 0) is 11.2 Å². The first-order valence-corrected chi connectivity index (χ1v) is 5.59. The molecule has 0 aromatic heterocycles. The third-order valence-corrected chi connectivity index (χ3v) is 2.40. The van der Waals surface area contributed by atoms with Crippen molar-refractivity contribution in [3.8, 4) is 0 Å². The molecule has 2 N–H and O–H groups in total. The zero-order chi connectivity index (χ0) is 14.5. The van der Waals surface area contributed by atoms with E-state index in [0.29, 0.717) is 18.5 Å². The minimum atomic E-state index is -5.57. The lowest BCUT2D eigenvalue weighted by molar-refractivity contribution is -0.296. The number of hydrogen-bond donors (Lipinski definition) is 1. The molecule has 108 valence electrons. The summed E-state index contributed by atoms with van der Waals surface area (Å²) in [4.78, 5) is 0. The van der Waals surface area contributed by atoms with Crippen LogP contribution in [0.3, 0.4) is 0 Å². The highest BCUT2D eigenvalue weighted by Gasteiger charge is 2.57. The molecular weight excluding hydrogens is 269 g/mol. The zero-order valence-corrected chi connectivity index (χ0v) is 10.0. The van der Waals surface area contributed by atoms with Crippen LogP contribution in [0, 0.1) is 0 Å². The van der Waals surface area contributed by atoms with E-state index < -0.39 is 18.7 Å². The molecule has 0 atom stereocenters. The Morgan fingerprint density at radius 2 is 1.79 bits per heavy atom. The second-order valence-electron chi connectivity index (χ2n) is 4.10. The maximum atomic E-state index is 12.5. The molecule has 0 saturated carbocycles. The second kappa shape index (κ2) is 6.18. The molecule has 0 spiro atoms. The first kappa shape index (κ1) is 15.7. The average Bonchev–Trinajstić information content (AvgIpc) is 2.27. The summed E-state index contributed by atoms with van der Waals surface area (Å²) in [6.07, 6.45) is -4.72. The van der Waals surface area contributed by atoms with E-state index in [1.54, 1.807) is 24.3 Å². The molecule has 0 heterocycles. The van der Waals surface area contributed by atoms with E-state index in [1.165, 1.54) is 0 Å². The lowest BCUT2D eigenvalue weighted by atomic mass is 10.1. The van der Waals surface area contributed by atoms with E-state index in [2.05, 4.69) is 4.74 Å². The number of nitrogen functional groups attached to an aromatic ring is 1. The maximum Gasteiger partial charge on any atom is 0.455 e. The first-order valence-electron chi connectivity index (χ1n) is 5.59. The molecule has 19 heavy (non-hydrogen) atoms. The molecule has 1 rings (SSSR count). The monoisotopic (exact) mass is 283 g/mol. The predicted molar refractivity (Wildman–Crippen MR) is 61.0 cm³/mol. The van der Waals surface area contributed by atoms with Crippen molar-refractivity contribution >= 4 is 5.69 Å². The van der Waals surface area contributed by atoms with Gasteiger partial charge in [-0.2, -0.15) is 22.0 Å². The Bertz CT molecular complexity index is 405. The number of rotatable bonds is 6. The minimum Gasteiger partial charge on any atom is -0.399 e. The van der Waals surface area contributed by atoms with Crippen LogP contribution < -0.4 is 5.73 Å². The predicted octanol–water partition coefficient (Wildman–Crippen LogP) is 3.42. The number of anilines is 1. The van der Waals surface area contributed by atoms with E-state index in [9.17, 15) is 22.0 Å². The Hall–Kier alpha value is -1.37. The van der Waals surface area contributed by atoms with Gasteiger partial charge in [0.2, 0.25) is 0 Å². The quantitative estimate of drug-likeness (QED) is 0.493. The van der Waals surface area contributed by atoms with Gasteiger partial charge in [-0.15, -0.1) is 0 Å². The van der Waals surface area contributed by atoms with Gasteiger partial charge in [0, 0.05) is 12.3 Å². The molecule has 0 unspecified atom stereocenters. The number of aryl methyl sites for hydroxylation is 1. The lowest BCUT2D eigenvalue weighted by Crippen LogP contribution is -2.40. The van der Waals surface area contributed by atoms with Crippen molar-refractivity contribution in [3.63, 3.8) is 0 Å². The third kappa shape index (κ3) is 5.02. The van der Waals surface area contributed by atoms with Crippen molar-refractivity contribution < 1.29 is 26.7 Å². The summed E-state index contributed by atoms with van der Waals surface area (Å²) in [7, 11) is 0. The largest absolute Gasteiger partial charge is 0.455 e. The van der Waals surface area contributed by atoms with Gasteiger partial charge in [-0.3, -0.25) is 0 Å². The van der Waals surface area contributed by atoms with Gasteiger partial charge >= 0.3 is 12.1 Å². The fourth-order valence-corrected chi connectivity index (χ4v) is 1.41. The van der Waals surface area contributed by atoms with Crippen LogP contribution in [0.5, 0.6) is 0 Å². The van der Waals surface area contributed by atoms with Crippen molar-refractivity contribution in [3.05, 3.63) is 29.8 Å². The summed E-state index contributed by atoms with van der Waals surface area (Å²) in [5.74, 6) is -4.80. The molecule has 2 nitrogen and oxygen atoms in total. The van der Waals surface area contributed by atoms with E-state index in [1.807, 2.05) is 0 Å². The maximum absolute atomic E-state index is 12.5. The van der Waals surface area contributed by atoms with Gasteiger partial charge in [-0.05, 0) is 30.5 Å². The third-order valence-electron chi connectivity index (χ3n) is 2.40. The summed E-state index contributed by atoms with van der Waals surface area (Å²) < 4.78 is 64.7. The second-order valence-corrected chi connectivity index (χ2v) is 4.10. The highest BCUT2D eigenvalue weighted by Crippen LogP contribution is 2.35. The van der Waals surface area contributed by atoms with Gasteiger partial charge < -0.3 is 10.5 Å². The highest BCUT2D eigenvalue weighted by atomic mass is 19.4. The van der Waals surface area contributed by atoms with Crippen molar-refractivity contribution in [2.45, 2.75) is 24.9 Å². The summed E-state index contributed by atoms with van der Waals surface area (Å²) >= 11 is 0. The topological polar surface area (TPSA) is 35.2 Å². The number of benzene rings is 1. The van der Waals surface area contributed by atoms with Crippen LogP contribution in [0.2, 0.25) is 0 Å². The average molecular weight is 283 g/mol. The zero-order valence-electron chi connectivity index (χ0n) is 10.0. The molecule has 7 heteroatoms. The van der Waals surface area contributed by atoms with Gasteiger partial charge in [-0.1, -0.05) is 12.1 Å². The number of nitrogens with two attached hydrogens (primary N) is 1. The highest BCUT2D eigenvalue weighted by molar-refractivity contribution is 5.40. The molecule has 0 fully saturated rings. The lowest BCUT2D eigenvalue weighted by Gasteiger charge is -2.19. The molecule has 0 aliphatic heterocycles. The Morgan fingerprint density at radius 1 is 1.11 bits per heavy atom. The van der Waals surface area contributed by atoms with Crippen LogP contribution in [0.4, 0.5) is 27.6 Å². The molecule has 0 radical (unpaired) electrons. The summed E-state index contributed by atoms with van der Waals surface area (Å²) in [6, 6.07) is 6.94. The van der Waals surface area contributed by atoms with Crippen LogP contribution in [0.15, 0.2) is 24.3 Å². The Labute approximate surface area is 107 Å². The van der Waals surface area contributed by atoms with Crippen molar-refractivity contribution in [2.24, 2.45) is 0 Å². The van der Waals surface area contributed by atoms with Gasteiger partial charge in [0.05, 0.1) is 0 Å². The summed E-state index contributed by atoms with van der Waals surface area (Å²) in [5.41, 5.74) is 6.99. The number of alkyl halides is 5. The van der Waals surface area contributed by atoms with Gasteiger partial charge in [0.25, 0.3) is 0 Å². The summed E-state index contributed by atoms with van der Waals surface area (Å²) in [5, 5.41) is 0. The Kier molecular flexibility index (Phi) is 5.11. The van der Waals surface area contributed by atoms with Crippen LogP contribution >= 0.6 is 0 Å². The van der Waals surface area contributed by atoms with E-state index in [4.69, 9.17) is 5.73 Å². The molecule has 1 aromatic carbocycles. The van der Waals surface area contributed by atoms with Gasteiger partial charge in [-0.25, -0.2) is 0 Å². The van der Waals surface area contributed by atoms with Crippen molar-refractivity contribution in [2.75, 3.05) is 18.9 Å². The Balaban J connectivity index is 2.25. The van der Waals surface area contributed by atoms with Crippen LogP contribution in [0.25, 0.3) is 0 Å². The molecule has 0 aliphatic rings. The Morgan fingerprint density at radius 3 is 2.37 bits per heavy atom. The van der Waals surface area contributed by atoms with E-state index in [0.717, 1.165) is 5.56 Å². The standard InChI is InChI=1S/C12H14F5NO/c13-11(14,12(15,16)17)8-19-6-2-4-9-3-1-5-10(18)7-9/h1,3,5,7H,2,4,6,8,18H2. The van der Waals surface area contributed by atoms with Gasteiger partial charge in [0.1, 0.15) is 6.61 Å². The SMILES string of the molecule is Nc1cccc(CCCOCC(F)(F)C(F)(F)F)c1. The molecule has 0 aliphatic carbocycles. The smallest absolute Gasteiger partial charge is 0.399 e. The van der Waals surface area contributed by atoms with Crippen LogP contribution in [0.1, 0.15) is 12.0 Å². The molecule has 0 amide bonds. The molecular formula is C12H14F5NO. The van der Waals surface area contributed by atoms with Crippen molar-refractivity contribution in [1.82, 2.24) is 0 Å². The van der Waals surface area contributed by atoms with E-state index in [-0.39, 0.29) is 6.61 Å². The minimum absolute atomic E-state index is 0.166. The number of hydrogen-bond acceptors (Lipinski definition) is 2. The fourth-order valence-electron chi connectivity index (χ4n) is 1.41.